The third kappa shape index (κ3) is 3.60. The Morgan fingerprint density at radius 3 is 2.69 bits per heavy atom. The molecule has 0 N–H and O–H groups in total. The van der Waals surface area contributed by atoms with E-state index in [1.165, 1.54) is 7.11 Å². The van der Waals surface area contributed by atoms with E-state index < -0.39 is 0 Å². The van der Waals surface area contributed by atoms with E-state index in [2.05, 4.69) is 11.3 Å². The molecule has 0 saturated carbocycles. The second-order valence-corrected chi connectivity index (χ2v) is 2.31. The highest BCUT2D eigenvalue weighted by molar-refractivity contribution is 5.70. The molecule has 0 saturated heterocycles. The van der Waals surface area contributed by atoms with Crippen molar-refractivity contribution in [1.29, 1.82) is 0 Å². The quantitative estimate of drug-likeness (QED) is 0.658. The molecule has 0 heterocycles. The molecular weight excluding hydrogens is 168 g/mol. The van der Waals surface area contributed by atoms with Gasteiger partial charge in [0.1, 0.15) is 5.75 Å². The average molecular weight is 178 g/mol. The molecule has 68 valence electrons. The molecule has 3 heteroatoms. The van der Waals surface area contributed by atoms with Gasteiger partial charge in [0, 0.05) is 0 Å². The third-order valence-electron chi connectivity index (χ3n) is 1.38. The van der Waals surface area contributed by atoms with Gasteiger partial charge < -0.3 is 9.47 Å². The van der Waals surface area contributed by atoms with E-state index in [0.29, 0.717) is 5.75 Å². The Morgan fingerprint density at radius 2 is 2.08 bits per heavy atom. The van der Waals surface area contributed by atoms with Crippen LogP contribution in [0.1, 0.15) is 6.42 Å². The number of hydrogen-bond acceptors (Lipinski definition) is 3. The second kappa shape index (κ2) is 5.19. The van der Waals surface area contributed by atoms with Crippen LogP contribution in [-0.4, -0.2) is 13.1 Å². The minimum Gasteiger partial charge on any atom is -0.478 e. The number of esters is 1. The first-order chi connectivity index (χ1) is 6.33. The molecule has 0 bridgehead atoms. The molecule has 0 aromatic heterocycles. The first kappa shape index (κ1) is 9.58. The van der Waals surface area contributed by atoms with E-state index in [1.807, 2.05) is 18.2 Å². The summed E-state index contributed by atoms with van der Waals surface area (Å²) in [5.41, 5.74) is 0. The lowest BCUT2D eigenvalue weighted by Gasteiger charge is -2.01. The van der Waals surface area contributed by atoms with Crippen molar-refractivity contribution in [3.05, 3.63) is 36.9 Å². The molecule has 0 fully saturated rings. The monoisotopic (exact) mass is 178 g/mol. The van der Waals surface area contributed by atoms with Gasteiger partial charge in [-0.25, -0.2) is 0 Å². The first-order valence-electron chi connectivity index (χ1n) is 3.84. The van der Waals surface area contributed by atoms with Gasteiger partial charge in [-0.1, -0.05) is 18.2 Å². The summed E-state index contributed by atoms with van der Waals surface area (Å²) in [6, 6.07) is 9.13. The van der Waals surface area contributed by atoms with Crippen LogP contribution < -0.4 is 4.74 Å². The topological polar surface area (TPSA) is 35.5 Å². The van der Waals surface area contributed by atoms with E-state index in [-0.39, 0.29) is 12.4 Å². The maximum absolute atomic E-state index is 10.6. The number of carbonyl (C=O) groups is 1. The van der Waals surface area contributed by atoms with E-state index >= 15 is 0 Å². The summed E-state index contributed by atoms with van der Waals surface area (Å²) >= 11 is 0. The highest BCUT2D eigenvalue weighted by atomic mass is 16.5. The van der Waals surface area contributed by atoms with Crippen molar-refractivity contribution < 1.29 is 14.3 Å². The minimum absolute atomic E-state index is 0.0331. The Kier molecular flexibility index (Phi) is 3.82. The maximum atomic E-state index is 10.6. The zero-order valence-electron chi connectivity index (χ0n) is 7.32. The number of methoxy groups -OCH3 is 1. The summed E-state index contributed by atoms with van der Waals surface area (Å²) in [7, 11) is 1.33. The van der Waals surface area contributed by atoms with Gasteiger partial charge in [0.05, 0.1) is 13.5 Å². The molecular formula is C10H10O3. The fourth-order valence-electron chi connectivity index (χ4n) is 0.739. The smallest absolute Gasteiger partial charge is 0.309 e. The number of carbonyl (C=O) groups excluding carboxylic acids is 1. The molecule has 3 nitrogen and oxygen atoms in total. The van der Waals surface area contributed by atoms with Crippen LogP contribution in [0.3, 0.4) is 0 Å². The lowest BCUT2D eigenvalue weighted by atomic mass is 10.3. The number of para-hydroxylation sites is 1. The van der Waals surface area contributed by atoms with Crippen molar-refractivity contribution in [2.45, 2.75) is 6.42 Å². The zero-order valence-corrected chi connectivity index (χ0v) is 7.32. The lowest BCUT2D eigenvalue weighted by Crippen LogP contribution is -2.02. The molecule has 0 aliphatic carbocycles. The van der Waals surface area contributed by atoms with Gasteiger partial charge in [0.2, 0.25) is 6.61 Å². The standard InChI is InChI=1S/C10H10O3/c1-12-10(11)7-8-13-9-5-3-2-4-6-9/h2-6H,7H2,1H3. The summed E-state index contributed by atoms with van der Waals surface area (Å²) in [6.45, 7) is 2.48. The van der Waals surface area contributed by atoms with Crippen molar-refractivity contribution in [3.63, 3.8) is 0 Å². The Bertz CT molecular complexity index is 256. The van der Waals surface area contributed by atoms with Gasteiger partial charge in [-0.2, -0.15) is 0 Å². The minimum atomic E-state index is -0.365. The van der Waals surface area contributed by atoms with Crippen LogP contribution >= 0.6 is 0 Å². The van der Waals surface area contributed by atoms with Crippen LogP contribution in [0, 0.1) is 6.61 Å². The van der Waals surface area contributed by atoms with Crippen molar-refractivity contribution in [2.75, 3.05) is 7.11 Å². The van der Waals surface area contributed by atoms with Crippen molar-refractivity contribution >= 4 is 5.97 Å². The number of ether oxygens (including phenoxy) is 2. The Morgan fingerprint density at radius 1 is 1.38 bits per heavy atom. The molecule has 0 unspecified atom stereocenters. The highest BCUT2D eigenvalue weighted by Gasteiger charge is 2.01. The lowest BCUT2D eigenvalue weighted by molar-refractivity contribution is -0.140. The summed E-state index contributed by atoms with van der Waals surface area (Å²) in [5, 5.41) is 0. The van der Waals surface area contributed by atoms with Crippen molar-refractivity contribution in [2.24, 2.45) is 0 Å². The molecule has 2 radical (unpaired) electrons. The summed E-state index contributed by atoms with van der Waals surface area (Å²) in [6.07, 6.45) is 0.0331. The van der Waals surface area contributed by atoms with Crippen LogP contribution in [0.4, 0.5) is 0 Å². The predicted molar refractivity (Wildman–Crippen MR) is 46.9 cm³/mol. The van der Waals surface area contributed by atoms with E-state index in [4.69, 9.17) is 4.74 Å². The summed E-state index contributed by atoms with van der Waals surface area (Å²) in [5.74, 6) is 0.294. The van der Waals surface area contributed by atoms with Crippen LogP contribution in [0.15, 0.2) is 30.3 Å². The molecule has 1 aromatic carbocycles. The van der Waals surface area contributed by atoms with E-state index in [9.17, 15) is 4.79 Å². The van der Waals surface area contributed by atoms with E-state index in [1.54, 1.807) is 12.1 Å². The van der Waals surface area contributed by atoms with Gasteiger partial charge >= 0.3 is 5.97 Å². The molecule has 0 spiro atoms. The van der Waals surface area contributed by atoms with Gasteiger partial charge in [-0.05, 0) is 12.1 Å². The molecule has 0 aliphatic heterocycles. The summed E-state index contributed by atoms with van der Waals surface area (Å²) < 4.78 is 9.43. The summed E-state index contributed by atoms with van der Waals surface area (Å²) in [4.78, 5) is 10.6. The molecule has 0 aliphatic rings. The molecule has 1 aromatic rings. The largest absolute Gasteiger partial charge is 0.478 e. The van der Waals surface area contributed by atoms with Gasteiger partial charge in [-0.15, -0.1) is 0 Å². The van der Waals surface area contributed by atoms with Crippen LogP contribution in [-0.2, 0) is 9.53 Å². The fourth-order valence-corrected chi connectivity index (χ4v) is 0.739. The van der Waals surface area contributed by atoms with Crippen molar-refractivity contribution in [1.82, 2.24) is 0 Å². The zero-order chi connectivity index (χ0) is 9.52. The first-order valence-corrected chi connectivity index (χ1v) is 3.84. The molecule has 0 amide bonds. The van der Waals surface area contributed by atoms with Crippen LogP contribution in [0.5, 0.6) is 5.75 Å². The van der Waals surface area contributed by atoms with Gasteiger partial charge in [-0.3, -0.25) is 4.79 Å². The van der Waals surface area contributed by atoms with Gasteiger partial charge in [0.15, 0.2) is 0 Å². The van der Waals surface area contributed by atoms with Gasteiger partial charge in [0.25, 0.3) is 0 Å². The van der Waals surface area contributed by atoms with Crippen LogP contribution in [0.2, 0.25) is 0 Å². The molecule has 0 atom stereocenters. The number of rotatable bonds is 4. The van der Waals surface area contributed by atoms with Crippen LogP contribution in [0.25, 0.3) is 0 Å². The number of benzene rings is 1. The molecule has 1 rings (SSSR count). The number of hydrogen-bond donors (Lipinski definition) is 0. The maximum Gasteiger partial charge on any atom is 0.309 e. The average Bonchev–Trinajstić information content (AvgIpc) is 2.19. The second-order valence-electron chi connectivity index (χ2n) is 2.31. The SMILES string of the molecule is COC(=O)C[C]Oc1ccccc1. The Hall–Kier alpha value is -1.51. The highest BCUT2D eigenvalue weighted by Crippen LogP contribution is 2.09. The van der Waals surface area contributed by atoms with Crippen molar-refractivity contribution in [3.8, 4) is 5.75 Å². The Balaban J connectivity index is 2.24. The normalized spacial score (nSPS) is 9.31. The third-order valence-corrected chi connectivity index (χ3v) is 1.38. The van der Waals surface area contributed by atoms with E-state index in [0.717, 1.165) is 0 Å². The fraction of sp³-hybridized carbons (Fsp3) is 0.200. The predicted octanol–water partition coefficient (Wildman–Crippen LogP) is 1.67. The Labute approximate surface area is 77.3 Å². The molecule has 13 heavy (non-hydrogen) atoms.